The number of phenolic OH excluding ortho intramolecular Hbond substituents is 3. The van der Waals surface area contributed by atoms with Gasteiger partial charge in [0.2, 0.25) is 0 Å². The summed E-state index contributed by atoms with van der Waals surface area (Å²) in [6.07, 6.45) is -1.02. The summed E-state index contributed by atoms with van der Waals surface area (Å²) in [4.78, 5) is 61.7. The first-order valence-corrected chi connectivity index (χ1v) is 19.8. The molecule has 0 aliphatic heterocycles. The van der Waals surface area contributed by atoms with Gasteiger partial charge in [-0.3, -0.25) is 9.59 Å². The molecule has 0 saturated carbocycles. The summed E-state index contributed by atoms with van der Waals surface area (Å²) in [6.45, 7) is 7.82. The van der Waals surface area contributed by atoms with E-state index in [0.717, 1.165) is 12.1 Å². The molecule has 0 fully saturated rings. The fraction of sp³-hybridized carbons (Fsp3) is 0.541. The van der Waals surface area contributed by atoms with Crippen molar-refractivity contribution < 1.29 is 73.2 Å². The number of ether oxygens (including phenoxy) is 5. The average molecular weight is 799 g/mol. The van der Waals surface area contributed by atoms with E-state index >= 15 is 0 Å². The highest BCUT2D eigenvalue weighted by molar-refractivity contribution is 8.76. The average Bonchev–Trinajstić information content (AvgIpc) is 3.14. The Morgan fingerprint density at radius 1 is 0.630 bits per heavy atom. The summed E-state index contributed by atoms with van der Waals surface area (Å²) in [6, 6.07) is 7.11. The Labute approximate surface area is 322 Å². The van der Waals surface area contributed by atoms with E-state index in [1.165, 1.54) is 45.9 Å². The van der Waals surface area contributed by atoms with E-state index in [-0.39, 0.29) is 61.4 Å². The third kappa shape index (κ3) is 15.7. The number of phenols is 3. The minimum Gasteiger partial charge on any atom is -0.504 e. The lowest BCUT2D eigenvalue weighted by Gasteiger charge is -2.33. The molecule has 0 radical (unpaired) electrons. The van der Waals surface area contributed by atoms with Crippen LogP contribution in [0.4, 0.5) is 0 Å². The molecule has 54 heavy (non-hydrogen) atoms. The van der Waals surface area contributed by atoms with Gasteiger partial charge in [0.05, 0.1) is 35.6 Å². The lowest BCUT2D eigenvalue weighted by atomic mass is 9.90. The van der Waals surface area contributed by atoms with E-state index < -0.39 is 77.7 Å². The predicted molar refractivity (Wildman–Crippen MR) is 199 cm³/mol. The van der Waals surface area contributed by atoms with Crippen LogP contribution in [-0.2, 0) is 33.3 Å². The molecule has 2 aromatic rings. The van der Waals surface area contributed by atoms with Gasteiger partial charge in [0.1, 0.15) is 37.1 Å². The number of aliphatic hydroxyl groups is 2. The largest absolute Gasteiger partial charge is 0.504 e. The lowest BCUT2D eigenvalue weighted by molar-refractivity contribution is -0.156. The standard InChI is InChI=1S/C37H50O15S2/c1-6-36(4,5)51-31(43)14-16-54-53-15-13-30(42)48-21-27(39)22-50-34(46)24-11-9-23(10-12-24)33(45)49-20-26(38)19-37(7-2,8-3)52-35(47)25-17-28(40)32(44)29(41)18-25/h9-12,17-18,26-27,38-41,44H,6-8,13-16,19-22H2,1-5H3. The van der Waals surface area contributed by atoms with Gasteiger partial charge in [0.15, 0.2) is 17.2 Å². The Morgan fingerprint density at radius 2 is 1.09 bits per heavy atom. The van der Waals surface area contributed by atoms with Crippen LogP contribution in [0.3, 0.4) is 0 Å². The quantitative estimate of drug-likeness (QED) is 0.0324. The highest BCUT2D eigenvalue weighted by atomic mass is 33.1. The van der Waals surface area contributed by atoms with Crippen molar-refractivity contribution in [2.24, 2.45) is 0 Å². The molecule has 0 aliphatic rings. The number of benzene rings is 2. The Hall–Kier alpha value is -4.19. The van der Waals surface area contributed by atoms with Gasteiger partial charge in [0.25, 0.3) is 0 Å². The summed E-state index contributed by atoms with van der Waals surface area (Å²) in [5, 5.41) is 49.7. The fourth-order valence-corrected chi connectivity index (χ4v) is 6.49. The normalized spacial score (nSPS) is 12.6. The number of hydrogen-bond acceptors (Lipinski definition) is 17. The second-order valence-corrected chi connectivity index (χ2v) is 15.5. The second-order valence-electron chi connectivity index (χ2n) is 12.8. The molecule has 17 heteroatoms. The number of hydrogen-bond donors (Lipinski definition) is 5. The van der Waals surface area contributed by atoms with E-state index in [1.807, 2.05) is 20.8 Å². The molecule has 0 aliphatic carbocycles. The van der Waals surface area contributed by atoms with E-state index in [9.17, 15) is 49.5 Å². The summed E-state index contributed by atoms with van der Waals surface area (Å²) < 4.78 is 26.3. The zero-order chi connectivity index (χ0) is 40.5. The second kappa shape index (κ2) is 22.3. The molecule has 15 nitrogen and oxygen atoms in total. The van der Waals surface area contributed by atoms with Gasteiger partial charge in [-0.2, -0.15) is 0 Å². The number of aliphatic hydroxyl groups excluding tert-OH is 2. The van der Waals surface area contributed by atoms with E-state index in [0.29, 0.717) is 17.9 Å². The van der Waals surface area contributed by atoms with Crippen molar-refractivity contribution in [3.05, 3.63) is 53.1 Å². The maximum absolute atomic E-state index is 12.8. The molecule has 0 saturated heterocycles. The molecule has 0 heterocycles. The van der Waals surface area contributed by atoms with E-state index in [1.54, 1.807) is 13.8 Å². The Balaban J connectivity index is 1.72. The van der Waals surface area contributed by atoms with Gasteiger partial charge in [-0.25, -0.2) is 14.4 Å². The molecular weight excluding hydrogens is 749 g/mol. The molecule has 300 valence electrons. The van der Waals surface area contributed by atoms with Crippen molar-refractivity contribution in [2.45, 2.75) is 96.6 Å². The lowest BCUT2D eigenvalue weighted by Crippen LogP contribution is -2.39. The van der Waals surface area contributed by atoms with Crippen LogP contribution in [-0.4, -0.2) is 110 Å². The predicted octanol–water partition coefficient (Wildman–Crippen LogP) is 5.08. The van der Waals surface area contributed by atoms with Crippen LogP contribution in [0.1, 0.15) is 104 Å². The minimum absolute atomic E-state index is 0.0661. The first-order valence-electron chi connectivity index (χ1n) is 17.3. The van der Waals surface area contributed by atoms with Crippen molar-refractivity contribution in [1.29, 1.82) is 0 Å². The maximum Gasteiger partial charge on any atom is 0.338 e. The highest BCUT2D eigenvalue weighted by Gasteiger charge is 2.35. The van der Waals surface area contributed by atoms with Gasteiger partial charge >= 0.3 is 29.8 Å². The topological polar surface area (TPSA) is 233 Å². The monoisotopic (exact) mass is 798 g/mol. The van der Waals surface area contributed by atoms with Crippen molar-refractivity contribution in [2.75, 3.05) is 31.3 Å². The zero-order valence-electron chi connectivity index (χ0n) is 31.0. The third-order valence-corrected chi connectivity index (χ3v) is 10.6. The van der Waals surface area contributed by atoms with Crippen molar-refractivity contribution >= 4 is 51.4 Å². The summed E-state index contributed by atoms with van der Waals surface area (Å²) in [5.74, 6) is -4.56. The number of rotatable bonds is 23. The molecule has 0 bridgehead atoms. The van der Waals surface area contributed by atoms with Crippen molar-refractivity contribution in [3.8, 4) is 17.2 Å². The van der Waals surface area contributed by atoms with Crippen molar-refractivity contribution in [3.63, 3.8) is 0 Å². The molecule has 0 aromatic heterocycles. The van der Waals surface area contributed by atoms with Gasteiger partial charge < -0.3 is 49.2 Å². The molecule has 2 rings (SSSR count). The summed E-state index contributed by atoms with van der Waals surface area (Å²) in [7, 11) is 2.85. The van der Waals surface area contributed by atoms with Gasteiger partial charge in [-0.15, -0.1) is 0 Å². The third-order valence-electron chi connectivity index (χ3n) is 8.22. The number of aromatic hydroxyl groups is 3. The summed E-state index contributed by atoms with van der Waals surface area (Å²) >= 11 is 0. The van der Waals surface area contributed by atoms with Gasteiger partial charge in [-0.1, -0.05) is 42.4 Å². The Bertz CT molecular complexity index is 1530. The molecule has 5 N–H and O–H groups in total. The van der Waals surface area contributed by atoms with Crippen LogP contribution in [0.25, 0.3) is 0 Å². The Morgan fingerprint density at radius 3 is 1.57 bits per heavy atom. The van der Waals surface area contributed by atoms with Crippen LogP contribution in [0.15, 0.2) is 36.4 Å². The first kappa shape index (κ1) is 46.0. The van der Waals surface area contributed by atoms with Gasteiger partial charge in [-0.05, 0) is 69.5 Å². The smallest absolute Gasteiger partial charge is 0.338 e. The number of carbonyl (C=O) groups is 5. The van der Waals surface area contributed by atoms with Crippen LogP contribution in [0.2, 0.25) is 0 Å². The molecule has 2 unspecified atom stereocenters. The Kier molecular flexibility index (Phi) is 18.9. The first-order chi connectivity index (χ1) is 25.4. The fourth-order valence-electron chi connectivity index (χ4n) is 4.55. The van der Waals surface area contributed by atoms with Crippen LogP contribution in [0.5, 0.6) is 17.2 Å². The SMILES string of the molecule is CCC(C)(C)OC(=O)CCSSCCC(=O)OCC(O)COC(=O)c1ccc(C(=O)OCC(O)CC(CC)(CC)OC(=O)c2cc(O)c(O)c(O)c2)cc1. The van der Waals surface area contributed by atoms with Crippen molar-refractivity contribution in [1.82, 2.24) is 0 Å². The summed E-state index contributed by atoms with van der Waals surface area (Å²) in [5.41, 5.74) is -1.77. The zero-order valence-corrected chi connectivity index (χ0v) is 32.7. The minimum atomic E-state index is -1.27. The number of carbonyl (C=O) groups excluding carboxylic acids is 5. The molecule has 0 spiro atoms. The molecule has 0 amide bonds. The van der Waals surface area contributed by atoms with Crippen LogP contribution in [0, 0.1) is 0 Å². The molecule has 2 atom stereocenters. The van der Waals surface area contributed by atoms with E-state index in [2.05, 4.69) is 0 Å². The molecule has 2 aromatic carbocycles. The maximum atomic E-state index is 12.8. The van der Waals surface area contributed by atoms with Crippen LogP contribution >= 0.6 is 21.6 Å². The molecular formula is C37H50O15S2. The van der Waals surface area contributed by atoms with Gasteiger partial charge in [0, 0.05) is 17.9 Å². The van der Waals surface area contributed by atoms with E-state index in [4.69, 9.17) is 23.7 Å². The number of esters is 5. The van der Waals surface area contributed by atoms with Crippen LogP contribution < -0.4 is 0 Å². The highest BCUT2D eigenvalue weighted by Crippen LogP contribution is 2.37.